The highest BCUT2D eigenvalue weighted by Crippen LogP contribution is 2.27. The third-order valence-electron chi connectivity index (χ3n) is 3.70. The van der Waals surface area contributed by atoms with Gasteiger partial charge in [-0.05, 0) is 42.8 Å². The highest BCUT2D eigenvalue weighted by molar-refractivity contribution is 6.22. The molecule has 0 aromatic heterocycles. The number of nitrogens with one attached hydrogen (secondary N) is 2. The first-order chi connectivity index (χ1) is 12.0. The lowest BCUT2D eigenvalue weighted by atomic mass is 10.1. The number of amides is 3. The molecule has 2 N–H and O–H groups in total. The Hall–Kier alpha value is -3.35. The molecule has 0 atom stereocenters. The molecule has 0 fully saturated rings. The molecule has 7 nitrogen and oxygen atoms in total. The zero-order valence-electron chi connectivity index (χ0n) is 13.7. The van der Waals surface area contributed by atoms with Gasteiger partial charge in [0, 0.05) is 5.69 Å². The molecule has 1 heterocycles. The number of methoxy groups -OCH3 is 1. The van der Waals surface area contributed by atoms with E-state index in [4.69, 9.17) is 9.47 Å². The Kier molecular flexibility index (Phi) is 4.38. The second-order valence-electron chi connectivity index (χ2n) is 5.53. The number of anilines is 1. The van der Waals surface area contributed by atoms with Crippen LogP contribution < -0.4 is 20.1 Å². The number of ether oxygens (including phenoxy) is 2. The van der Waals surface area contributed by atoms with E-state index >= 15 is 0 Å². The Morgan fingerprint density at radius 2 is 1.80 bits per heavy atom. The highest BCUT2D eigenvalue weighted by Gasteiger charge is 2.26. The topological polar surface area (TPSA) is 93.7 Å². The standard InChI is InChI=1S/C18H16N2O5/c1-10-3-6-14(15(7-10)24-2)25-9-16(21)19-11-4-5-12-13(8-11)18(23)20-17(12)22/h3-8H,9H2,1-2H3,(H,19,21)(H,20,22,23). The van der Waals surface area contributed by atoms with Gasteiger partial charge in [0.2, 0.25) is 0 Å². The molecular formula is C18H16N2O5. The quantitative estimate of drug-likeness (QED) is 0.811. The average molecular weight is 340 g/mol. The highest BCUT2D eigenvalue weighted by atomic mass is 16.5. The number of benzene rings is 2. The van der Waals surface area contributed by atoms with Crippen LogP contribution in [0.25, 0.3) is 0 Å². The van der Waals surface area contributed by atoms with Crippen molar-refractivity contribution in [2.45, 2.75) is 6.92 Å². The molecule has 0 radical (unpaired) electrons. The lowest BCUT2D eigenvalue weighted by molar-refractivity contribution is -0.118. The molecular weight excluding hydrogens is 324 g/mol. The van der Waals surface area contributed by atoms with Crippen LogP contribution in [0, 0.1) is 6.92 Å². The first-order valence-corrected chi connectivity index (χ1v) is 7.55. The predicted molar refractivity (Wildman–Crippen MR) is 90.1 cm³/mol. The normalized spacial score (nSPS) is 12.4. The van der Waals surface area contributed by atoms with Crippen LogP contribution in [0.2, 0.25) is 0 Å². The van der Waals surface area contributed by atoms with Gasteiger partial charge in [0.15, 0.2) is 18.1 Å². The lowest BCUT2D eigenvalue weighted by Gasteiger charge is -2.11. The summed E-state index contributed by atoms with van der Waals surface area (Å²) in [6, 6.07) is 9.90. The number of fused-ring (bicyclic) bond motifs is 1. The summed E-state index contributed by atoms with van der Waals surface area (Å²) in [6.45, 7) is 1.70. The zero-order valence-corrected chi connectivity index (χ0v) is 13.7. The Labute approximate surface area is 143 Å². The van der Waals surface area contributed by atoms with Crippen molar-refractivity contribution >= 4 is 23.4 Å². The summed E-state index contributed by atoms with van der Waals surface area (Å²) in [7, 11) is 1.53. The molecule has 3 rings (SSSR count). The molecule has 2 aromatic carbocycles. The van der Waals surface area contributed by atoms with Crippen molar-refractivity contribution in [1.82, 2.24) is 5.32 Å². The van der Waals surface area contributed by atoms with E-state index in [0.717, 1.165) is 5.56 Å². The van der Waals surface area contributed by atoms with Crippen molar-refractivity contribution in [2.24, 2.45) is 0 Å². The summed E-state index contributed by atoms with van der Waals surface area (Å²) < 4.78 is 10.7. The molecule has 25 heavy (non-hydrogen) atoms. The van der Waals surface area contributed by atoms with Gasteiger partial charge >= 0.3 is 0 Å². The molecule has 1 aliphatic rings. The fourth-order valence-electron chi connectivity index (χ4n) is 2.48. The minimum absolute atomic E-state index is 0.221. The van der Waals surface area contributed by atoms with Gasteiger partial charge in [-0.2, -0.15) is 0 Å². The van der Waals surface area contributed by atoms with Gasteiger partial charge in [-0.3, -0.25) is 19.7 Å². The minimum Gasteiger partial charge on any atom is -0.493 e. The Morgan fingerprint density at radius 3 is 2.56 bits per heavy atom. The van der Waals surface area contributed by atoms with Crippen molar-refractivity contribution < 1.29 is 23.9 Å². The number of carbonyl (C=O) groups is 3. The molecule has 0 saturated carbocycles. The van der Waals surface area contributed by atoms with Gasteiger partial charge in [-0.15, -0.1) is 0 Å². The number of aryl methyl sites for hydroxylation is 1. The van der Waals surface area contributed by atoms with E-state index in [1.54, 1.807) is 12.1 Å². The van der Waals surface area contributed by atoms with Crippen LogP contribution in [0.15, 0.2) is 36.4 Å². The average Bonchev–Trinajstić information content (AvgIpc) is 2.87. The van der Waals surface area contributed by atoms with Crippen molar-refractivity contribution in [1.29, 1.82) is 0 Å². The molecule has 1 aliphatic heterocycles. The number of imide groups is 1. The molecule has 0 unspecified atom stereocenters. The van der Waals surface area contributed by atoms with Crippen molar-refractivity contribution in [2.75, 3.05) is 19.0 Å². The monoisotopic (exact) mass is 340 g/mol. The summed E-state index contributed by atoms with van der Waals surface area (Å²) in [4.78, 5) is 35.2. The molecule has 2 aromatic rings. The maximum Gasteiger partial charge on any atom is 0.262 e. The predicted octanol–water partition coefficient (Wildman–Crippen LogP) is 1.90. The fraction of sp³-hybridized carbons (Fsp3) is 0.167. The number of hydrogen-bond donors (Lipinski definition) is 2. The first-order valence-electron chi connectivity index (χ1n) is 7.55. The van der Waals surface area contributed by atoms with Gasteiger partial charge in [-0.1, -0.05) is 6.07 Å². The van der Waals surface area contributed by atoms with Gasteiger partial charge in [0.25, 0.3) is 17.7 Å². The van der Waals surface area contributed by atoms with E-state index in [1.807, 2.05) is 19.1 Å². The maximum absolute atomic E-state index is 12.1. The SMILES string of the molecule is COc1cc(C)ccc1OCC(=O)Nc1ccc2c(c1)C(=O)NC2=O. The number of rotatable bonds is 5. The molecule has 0 saturated heterocycles. The smallest absolute Gasteiger partial charge is 0.262 e. The van der Waals surface area contributed by atoms with Crippen LogP contribution in [0.1, 0.15) is 26.3 Å². The van der Waals surface area contributed by atoms with Crippen LogP contribution in [0.4, 0.5) is 5.69 Å². The van der Waals surface area contributed by atoms with Gasteiger partial charge in [0.05, 0.1) is 18.2 Å². The fourth-order valence-corrected chi connectivity index (χ4v) is 2.48. The third kappa shape index (κ3) is 3.45. The second kappa shape index (κ2) is 6.64. The van der Waals surface area contributed by atoms with Crippen LogP contribution >= 0.6 is 0 Å². The summed E-state index contributed by atoms with van der Waals surface area (Å²) in [5, 5.41) is 4.83. The van der Waals surface area contributed by atoms with Gasteiger partial charge < -0.3 is 14.8 Å². The Balaban J connectivity index is 1.65. The number of carbonyl (C=O) groups excluding carboxylic acids is 3. The lowest BCUT2D eigenvalue weighted by Crippen LogP contribution is -2.20. The summed E-state index contributed by atoms with van der Waals surface area (Å²) >= 11 is 0. The third-order valence-corrected chi connectivity index (χ3v) is 3.70. The van der Waals surface area contributed by atoms with E-state index in [9.17, 15) is 14.4 Å². The van der Waals surface area contributed by atoms with Crippen molar-refractivity contribution in [3.05, 3.63) is 53.1 Å². The van der Waals surface area contributed by atoms with Gasteiger partial charge in [-0.25, -0.2) is 0 Å². The maximum atomic E-state index is 12.1. The van der Waals surface area contributed by atoms with E-state index in [1.165, 1.54) is 19.2 Å². The van der Waals surface area contributed by atoms with E-state index in [2.05, 4.69) is 10.6 Å². The summed E-state index contributed by atoms with van der Waals surface area (Å²) in [5.74, 6) is -0.306. The van der Waals surface area contributed by atoms with E-state index in [-0.39, 0.29) is 12.2 Å². The molecule has 7 heteroatoms. The van der Waals surface area contributed by atoms with Crippen LogP contribution in [0.5, 0.6) is 11.5 Å². The summed E-state index contributed by atoms with van der Waals surface area (Å²) in [5.41, 5.74) is 1.96. The van der Waals surface area contributed by atoms with Crippen LogP contribution in [-0.4, -0.2) is 31.4 Å². The zero-order chi connectivity index (χ0) is 18.0. The Bertz CT molecular complexity index is 876. The minimum atomic E-state index is -0.475. The molecule has 3 amide bonds. The molecule has 0 bridgehead atoms. The van der Waals surface area contributed by atoms with Crippen LogP contribution in [0.3, 0.4) is 0 Å². The van der Waals surface area contributed by atoms with Crippen LogP contribution in [-0.2, 0) is 4.79 Å². The second-order valence-corrected chi connectivity index (χ2v) is 5.53. The number of hydrogen-bond acceptors (Lipinski definition) is 5. The van der Waals surface area contributed by atoms with Crippen molar-refractivity contribution in [3.8, 4) is 11.5 Å². The largest absolute Gasteiger partial charge is 0.493 e. The van der Waals surface area contributed by atoms with Crippen molar-refractivity contribution in [3.63, 3.8) is 0 Å². The Morgan fingerprint density at radius 1 is 1.04 bits per heavy atom. The molecule has 128 valence electrons. The van der Waals surface area contributed by atoms with E-state index in [0.29, 0.717) is 22.7 Å². The first kappa shape index (κ1) is 16.5. The van der Waals surface area contributed by atoms with Gasteiger partial charge in [0.1, 0.15) is 0 Å². The summed E-state index contributed by atoms with van der Waals surface area (Å²) in [6.07, 6.45) is 0. The molecule has 0 aliphatic carbocycles. The molecule has 0 spiro atoms. The van der Waals surface area contributed by atoms with E-state index < -0.39 is 17.7 Å².